The van der Waals surface area contributed by atoms with Gasteiger partial charge in [0.1, 0.15) is 0 Å². The molecule has 0 radical (unpaired) electrons. The monoisotopic (exact) mass is 281 g/mol. The van der Waals surface area contributed by atoms with E-state index in [-0.39, 0.29) is 11.5 Å². The third-order valence-corrected chi connectivity index (χ3v) is 3.65. The molecule has 0 aliphatic carbocycles. The maximum absolute atomic E-state index is 5.79. The first-order chi connectivity index (χ1) is 9.33. The molecule has 2 unspecified atom stereocenters. The highest BCUT2D eigenvalue weighted by Gasteiger charge is 2.32. The van der Waals surface area contributed by atoms with Gasteiger partial charge in [-0.05, 0) is 31.9 Å². The van der Waals surface area contributed by atoms with Gasteiger partial charge in [0.05, 0.1) is 11.8 Å². The van der Waals surface area contributed by atoms with E-state index in [4.69, 9.17) is 4.74 Å². The molecule has 0 saturated heterocycles. The number of rotatable bonds is 7. The van der Waals surface area contributed by atoms with E-state index in [2.05, 4.69) is 62.7 Å². The number of aryl methyl sites for hydroxylation is 2. The van der Waals surface area contributed by atoms with E-state index in [9.17, 15) is 0 Å². The summed E-state index contributed by atoms with van der Waals surface area (Å²) in [4.78, 5) is 0. The van der Waals surface area contributed by atoms with Crippen LogP contribution in [0, 0.1) is 12.3 Å². The van der Waals surface area contributed by atoms with Crippen molar-refractivity contribution in [3.8, 4) is 0 Å². The smallest absolute Gasteiger partial charge is 0.0776 e. The average Bonchev–Trinajstić information content (AvgIpc) is 2.68. The molecule has 20 heavy (non-hydrogen) atoms. The molecule has 1 heterocycles. The van der Waals surface area contributed by atoms with Crippen LogP contribution in [0.5, 0.6) is 0 Å². The van der Waals surface area contributed by atoms with Gasteiger partial charge in [0, 0.05) is 31.8 Å². The second-order valence-corrected chi connectivity index (χ2v) is 6.48. The standard InChI is InChI=1S/C16H31N3O/c1-8-17-14(15(20-7)16(4,5)6)11-13-10-12(3)18-19(13)9-2/h10,14-15,17H,8-9,11H2,1-7H3. The molecular formula is C16H31N3O. The first-order valence-corrected chi connectivity index (χ1v) is 7.62. The van der Waals surface area contributed by atoms with Gasteiger partial charge >= 0.3 is 0 Å². The fraction of sp³-hybridized carbons (Fsp3) is 0.812. The topological polar surface area (TPSA) is 39.1 Å². The summed E-state index contributed by atoms with van der Waals surface area (Å²) in [5.74, 6) is 0. The van der Waals surface area contributed by atoms with Crippen LogP contribution in [-0.2, 0) is 17.7 Å². The van der Waals surface area contributed by atoms with E-state index in [1.165, 1.54) is 5.69 Å². The van der Waals surface area contributed by atoms with Gasteiger partial charge in [0.15, 0.2) is 0 Å². The fourth-order valence-electron chi connectivity index (χ4n) is 2.93. The van der Waals surface area contributed by atoms with Crippen molar-refractivity contribution < 1.29 is 4.74 Å². The number of nitrogens with zero attached hydrogens (tertiary/aromatic N) is 2. The first-order valence-electron chi connectivity index (χ1n) is 7.62. The molecule has 4 heteroatoms. The van der Waals surface area contributed by atoms with Crippen LogP contribution < -0.4 is 5.32 Å². The Morgan fingerprint density at radius 3 is 2.45 bits per heavy atom. The van der Waals surface area contributed by atoms with Crippen LogP contribution in [0.1, 0.15) is 46.0 Å². The lowest BCUT2D eigenvalue weighted by Gasteiger charge is -2.36. The maximum Gasteiger partial charge on any atom is 0.0776 e. The summed E-state index contributed by atoms with van der Waals surface area (Å²) in [6.07, 6.45) is 1.11. The second kappa shape index (κ2) is 7.23. The Kier molecular flexibility index (Phi) is 6.21. The summed E-state index contributed by atoms with van der Waals surface area (Å²) in [5, 5.41) is 8.12. The summed E-state index contributed by atoms with van der Waals surface area (Å²) in [7, 11) is 1.81. The van der Waals surface area contributed by atoms with Crippen molar-refractivity contribution >= 4 is 0 Å². The Morgan fingerprint density at radius 1 is 1.35 bits per heavy atom. The van der Waals surface area contributed by atoms with E-state index >= 15 is 0 Å². The van der Waals surface area contributed by atoms with E-state index in [1.807, 2.05) is 7.11 Å². The predicted octanol–water partition coefficient (Wildman–Crippen LogP) is 2.79. The minimum atomic E-state index is 0.105. The van der Waals surface area contributed by atoms with Crippen LogP contribution in [0.2, 0.25) is 0 Å². The highest BCUT2D eigenvalue weighted by Crippen LogP contribution is 2.26. The SMILES string of the molecule is CCNC(Cc1cc(C)nn1CC)C(OC)C(C)(C)C. The lowest BCUT2D eigenvalue weighted by atomic mass is 9.83. The molecule has 116 valence electrons. The van der Waals surface area contributed by atoms with Crippen molar-refractivity contribution in [3.63, 3.8) is 0 Å². The lowest BCUT2D eigenvalue weighted by molar-refractivity contribution is -0.0110. The molecule has 4 nitrogen and oxygen atoms in total. The van der Waals surface area contributed by atoms with Crippen LogP contribution in [-0.4, -0.2) is 35.6 Å². The molecule has 0 spiro atoms. The Morgan fingerprint density at radius 2 is 2.00 bits per heavy atom. The minimum Gasteiger partial charge on any atom is -0.379 e. The number of nitrogens with one attached hydrogen (secondary N) is 1. The van der Waals surface area contributed by atoms with Gasteiger partial charge in [-0.2, -0.15) is 5.10 Å². The lowest BCUT2D eigenvalue weighted by Crippen LogP contribution is -2.49. The van der Waals surface area contributed by atoms with Gasteiger partial charge in [0.2, 0.25) is 0 Å². The third kappa shape index (κ3) is 4.32. The quantitative estimate of drug-likeness (QED) is 0.835. The third-order valence-electron chi connectivity index (χ3n) is 3.65. The van der Waals surface area contributed by atoms with Gasteiger partial charge in [-0.15, -0.1) is 0 Å². The van der Waals surface area contributed by atoms with Crippen molar-refractivity contribution in [2.75, 3.05) is 13.7 Å². The molecule has 1 aromatic heterocycles. The van der Waals surface area contributed by atoms with Crippen LogP contribution in [0.4, 0.5) is 0 Å². The van der Waals surface area contributed by atoms with E-state index in [0.29, 0.717) is 6.04 Å². The second-order valence-electron chi connectivity index (χ2n) is 6.48. The molecule has 0 aliphatic heterocycles. The number of hydrogen-bond acceptors (Lipinski definition) is 3. The van der Waals surface area contributed by atoms with Gasteiger partial charge in [-0.1, -0.05) is 27.7 Å². The van der Waals surface area contributed by atoms with Gasteiger partial charge in [-0.3, -0.25) is 4.68 Å². The van der Waals surface area contributed by atoms with E-state index < -0.39 is 0 Å². The number of hydrogen-bond donors (Lipinski definition) is 1. The minimum absolute atomic E-state index is 0.105. The number of methoxy groups -OCH3 is 1. The van der Waals surface area contributed by atoms with Crippen LogP contribution in [0.25, 0.3) is 0 Å². The van der Waals surface area contributed by atoms with Crippen LogP contribution >= 0.6 is 0 Å². The Hall–Kier alpha value is -0.870. The summed E-state index contributed by atoms with van der Waals surface area (Å²) in [5.41, 5.74) is 2.47. The highest BCUT2D eigenvalue weighted by molar-refractivity contribution is 5.11. The Balaban J connectivity index is 2.96. The van der Waals surface area contributed by atoms with E-state index in [0.717, 1.165) is 25.2 Å². The summed E-state index contributed by atoms with van der Waals surface area (Å²) in [6, 6.07) is 2.48. The first kappa shape index (κ1) is 17.2. The van der Waals surface area contributed by atoms with Crippen molar-refractivity contribution in [2.45, 2.75) is 66.7 Å². The molecule has 0 fully saturated rings. The Labute approximate surface area is 123 Å². The molecule has 1 aromatic rings. The number of aromatic nitrogens is 2. The van der Waals surface area contributed by atoms with Gasteiger partial charge in [0.25, 0.3) is 0 Å². The molecule has 0 amide bonds. The normalized spacial score (nSPS) is 15.3. The highest BCUT2D eigenvalue weighted by atomic mass is 16.5. The molecular weight excluding hydrogens is 250 g/mol. The average molecular weight is 281 g/mol. The van der Waals surface area contributed by atoms with Crippen molar-refractivity contribution in [1.29, 1.82) is 0 Å². The summed E-state index contributed by atoms with van der Waals surface area (Å²) < 4.78 is 7.88. The van der Waals surface area contributed by atoms with Crippen LogP contribution in [0.3, 0.4) is 0 Å². The predicted molar refractivity (Wildman–Crippen MR) is 84.1 cm³/mol. The largest absolute Gasteiger partial charge is 0.379 e. The van der Waals surface area contributed by atoms with Crippen molar-refractivity contribution in [2.24, 2.45) is 5.41 Å². The zero-order chi connectivity index (χ0) is 15.3. The molecule has 1 rings (SSSR count). The van der Waals surface area contributed by atoms with Crippen molar-refractivity contribution in [3.05, 3.63) is 17.5 Å². The van der Waals surface area contributed by atoms with Gasteiger partial charge in [-0.25, -0.2) is 0 Å². The molecule has 2 atom stereocenters. The van der Waals surface area contributed by atoms with Gasteiger partial charge < -0.3 is 10.1 Å². The molecule has 0 aliphatic rings. The molecule has 0 saturated carbocycles. The van der Waals surface area contributed by atoms with E-state index in [1.54, 1.807) is 0 Å². The zero-order valence-corrected chi connectivity index (χ0v) is 14.2. The molecule has 0 bridgehead atoms. The Bertz CT molecular complexity index is 406. The number of likely N-dealkylation sites (N-methyl/N-ethyl adjacent to an activating group) is 1. The maximum atomic E-state index is 5.79. The summed E-state index contributed by atoms with van der Waals surface area (Å²) >= 11 is 0. The molecule has 0 aromatic carbocycles. The van der Waals surface area contributed by atoms with Crippen LogP contribution in [0.15, 0.2) is 6.07 Å². The number of ether oxygens (including phenoxy) is 1. The molecule has 1 N–H and O–H groups in total. The van der Waals surface area contributed by atoms with Crippen molar-refractivity contribution in [1.82, 2.24) is 15.1 Å². The fourth-order valence-corrected chi connectivity index (χ4v) is 2.93. The summed E-state index contributed by atoms with van der Waals surface area (Å²) in [6.45, 7) is 14.9. The zero-order valence-electron chi connectivity index (χ0n) is 14.2.